The Balaban J connectivity index is 2.06. The lowest BCUT2D eigenvalue weighted by molar-refractivity contribution is -0.384. The highest BCUT2D eigenvalue weighted by Crippen LogP contribution is 2.24. The van der Waals surface area contributed by atoms with Crippen LogP contribution in [0, 0.1) is 10.1 Å². The first-order valence-electron chi connectivity index (χ1n) is 6.45. The third kappa shape index (κ3) is 4.18. The Hall–Kier alpha value is -2.11. The lowest BCUT2D eigenvalue weighted by Crippen LogP contribution is -2.03. The van der Waals surface area contributed by atoms with Crippen LogP contribution in [-0.4, -0.2) is 11.5 Å². The van der Waals surface area contributed by atoms with Gasteiger partial charge in [0, 0.05) is 17.7 Å². The fraction of sp³-hybridized carbons (Fsp3) is 0.200. The van der Waals surface area contributed by atoms with Crippen LogP contribution >= 0.6 is 11.6 Å². The molecular formula is C15H15ClN2O3. The van der Waals surface area contributed by atoms with Crippen LogP contribution < -0.4 is 10.5 Å². The Morgan fingerprint density at radius 1 is 1.24 bits per heavy atom. The number of hydrogen-bond donors (Lipinski definition) is 1. The molecule has 0 aliphatic rings. The predicted octanol–water partition coefficient (Wildman–Crippen LogP) is 3.33. The second-order valence-corrected chi connectivity index (χ2v) is 4.91. The summed E-state index contributed by atoms with van der Waals surface area (Å²) in [6.07, 6.45) is 0.787. The van der Waals surface area contributed by atoms with Gasteiger partial charge in [-0.25, -0.2) is 0 Å². The van der Waals surface area contributed by atoms with Gasteiger partial charge in [-0.3, -0.25) is 10.1 Å². The molecule has 0 saturated heterocycles. The number of nitrogens with two attached hydrogens (primary N) is 1. The van der Waals surface area contributed by atoms with Crippen molar-refractivity contribution in [3.8, 4) is 5.75 Å². The average Bonchev–Trinajstić information content (AvgIpc) is 2.46. The number of non-ortho nitro benzene ring substituents is 1. The van der Waals surface area contributed by atoms with Gasteiger partial charge in [-0.2, -0.15) is 0 Å². The van der Waals surface area contributed by atoms with Crippen LogP contribution in [0.1, 0.15) is 11.1 Å². The molecule has 0 unspecified atom stereocenters. The topological polar surface area (TPSA) is 78.4 Å². The maximum atomic E-state index is 10.6. The summed E-state index contributed by atoms with van der Waals surface area (Å²) in [5.74, 6) is 0.718. The summed E-state index contributed by atoms with van der Waals surface area (Å²) >= 11 is 6.02. The SMILES string of the molecule is NCCc1cccc(OCc2ccc([N+](=O)[O-])cc2Cl)c1. The van der Waals surface area contributed by atoms with E-state index in [0.29, 0.717) is 17.1 Å². The first kappa shape index (κ1) is 15.3. The van der Waals surface area contributed by atoms with Crippen molar-refractivity contribution >= 4 is 17.3 Å². The molecule has 0 amide bonds. The van der Waals surface area contributed by atoms with Gasteiger partial charge in [-0.1, -0.05) is 23.7 Å². The van der Waals surface area contributed by atoms with Gasteiger partial charge >= 0.3 is 0 Å². The number of nitro benzene ring substituents is 1. The van der Waals surface area contributed by atoms with E-state index in [4.69, 9.17) is 22.1 Å². The van der Waals surface area contributed by atoms with Gasteiger partial charge in [-0.15, -0.1) is 0 Å². The van der Waals surface area contributed by atoms with Gasteiger partial charge < -0.3 is 10.5 Å². The van der Waals surface area contributed by atoms with Crippen LogP contribution in [0.5, 0.6) is 5.75 Å². The normalized spacial score (nSPS) is 10.4. The predicted molar refractivity (Wildman–Crippen MR) is 81.6 cm³/mol. The van der Waals surface area contributed by atoms with E-state index in [2.05, 4.69) is 0 Å². The summed E-state index contributed by atoms with van der Waals surface area (Å²) in [4.78, 5) is 10.2. The van der Waals surface area contributed by atoms with E-state index in [1.165, 1.54) is 12.1 Å². The summed E-state index contributed by atoms with van der Waals surface area (Å²) in [5, 5.41) is 11.0. The quantitative estimate of drug-likeness (QED) is 0.656. The van der Waals surface area contributed by atoms with Gasteiger partial charge in [0.2, 0.25) is 0 Å². The molecular weight excluding hydrogens is 292 g/mol. The minimum Gasteiger partial charge on any atom is -0.489 e. The van der Waals surface area contributed by atoms with Crippen LogP contribution in [0.3, 0.4) is 0 Å². The van der Waals surface area contributed by atoms with E-state index in [9.17, 15) is 10.1 Å². The van der Waals surface area contributed by atoms with Crippen LogP contribution in [0.4, 0.5) is 5.69 Å². The van der Waals surface area contributed by atoms with Gasteiger partial charge in [-0.05, 0) is 36.7 Å². The van der Waals surface area contributed by atoms with E-state index < -0.39 is 4.92 Å². The molecule has 6 heteroatoms. The van der Waals surface area contributed by atoms with Crippen LogP contribution in [0.25, 0.3) is 0 Å². The number of benzene rings is 2. The zero-order valence-electron chi connectivity index (χ0n) is 11.3. The summed E-state index contributed by atoms with van der Waals surface area (Å²) in [6.45, 7) is 0.834. The number of rotatable bonds is 6. The smallest absolute Gasteiger partial charge is 0.270 e. The minimum absolute atomic E-state index is 0.0336. The molecule has 2 N–H and O–H groups in total. The van der Waals surface area contributed by atoms with Crippen molar-refractivity contribution in [2.24, 2.45) is 5.73 Å². The van der Waals surface area contributed by atoms with E-state index in [1.807, 2.05) is 24.3 Å². The molecule has 21 heavy (non-hydrogen) atoms. The maximum absolute atomic E-state index is 10.6. The number of nitrogens with zero attached hydrogens (tertiary/aromatic N) is 1. The van der Waals surface area contributed by atoms with Gasteiger partial charge in [0.15, 0.2) is 0 Å². The summed E-state index contributed by atoms with van der Waals surface area (Å²) < 4.78 is 5.67. The number of hydrogen-bond acceptors (Lipinski definition) is 4. The molecule has 0 fully saturated rings. The molecule has 2 aromatic carbocycles. The fourth-order valence-electron chi connectivity index (χ4n) is 1.89. The van der Waals surface area contributed by atoms with E-state index in [0.717, 1.165) is 17.7 Å². The fourth-order valence-corrected chi connectivity index (χ4v) is 2.11. The Bertz CT molecular complexity index is 647. The highest BCUT2D eigenvalue weighted by atomic mass is 35.5. The van der Waals surface area contributed by atoms with Crippen molar-refractivity contribution in [3.05, 3.63) is 68.7 Å². The summed E-state index contributed by atoms with van der Waals surface area (Å²) in [7, 11) is 0. The molecule has 5 nitrogen and oxygen atoms in total. The number of ether oxygens (including phenoxy) is 1. The Kier molecular flexibility index (Phi) is 5.14. The molecule has 0 saturated carbocycles. The monoisotopic (exact) mass is 306 g/mol. The molecule has 0 heterocycles. The molecule has 0 atom stereocenters. The van der Waals surface area contributed by atoms with Crippen molar-refractivity contribution in [2.75, 3.05) is 6.54 Å². The van der Waals surface area contributed by atoms with Crippen LogP contribution in [-0.2, 0) is 13.0 Å². The Morgan fingerprint density at radius 3 is 2.71 bits per heavy atom. The van der Waals surface area contributed by atoms with Crippen LogP contribution in [0.15, 0.2) is 42.5 Å². The lowest BCUT2D eigenvalue weighted by atomic mass is 10.1. The molecule has 0 spiro atoms. The maximum Gasteiger partial charge on any atom is 0.270 e. The molecule has 0 aliphatic heterocycles. The van der Waals surface area contributed by atoms with Crippen molar-refractivity contribution < 1.29 is 9.66 Å². The van der Waals surface area contributed by atoms with Crippen molar-refractivity contribution in [3.63, 3.8) is 0 Å². The number of nitro groups is 1. The Labute approximate surface area is 127 Å². The van der Waals surface area contributed by atoms with E-state index >= 15 is 0 Å². The average molecular weight is 307 g/mol. The van der Waals surface area contributed by atoms with E-state index in [-0.39, 0.29) is 12.3 Å². The highest BCUT2D eigenvalue weighted by Gasteiger charge is 2.09. The molecule has 0 bridgehead atoms. The zero-order valence-corrected chi connectivity index (χ0v) is 12.0. The third-order valence-electron chi connectivity index (χ3n) is 2.97. The molecule has 2 rings (SSSR count). The van der Waals surface area contributed by atoms with Gasteiger partial charge in [0.1, 0.15) is 12.4 Å². The largest absolute Gasteiger partial charge is 0.489 e. The molecule has 2 aromatic rings. The van der Waals surface area contributed by atoms with Crippen LogP contribution in [0.2, 0.25) is 5.02 Å². The van der Waals surface area contributed by atoms with Gasteiger partial charge in [0.05, 0.1) is 9.95 Å². The van der Waals surface area contributed by atoms with E-state index in [1.54, 1.807) is 6.07 Å². The molecule has 0 aliphatic carbocycles. The second-order valence-electron chi connectivity index (χ2n) is 4.51. The number of halogens is 1. The van der Waals surface area contributed by atoms with Gasteiger partial charge in [0.25, 0.3) is 5.69 Å². The Morgan fingerprint density at radius 2 is 2.05 bits per heavy atom. The summed E-state index contributed by atoms with van der Waals surface area (Å²) in [6, 6.07) is 12.0. The third-order valence-corrected chi connectivity index (χ3v) is 3.33. The standard InChI is InChI=1S/C15H15ClN2O3/c16-15-9-13(18(19)20)5-4-12(15)10-21-14-3-1-2-11(8-14)6-7-17/h1-5,8-9H,6-7,10,17H2. The first-order chi connectivity index (χ1) is 10.1. The lowest BCUT2D eigenvalue weighted by Gasteiger charge is -2.09. The van der Waals surface area contributed by atoms with Crippen molar-refractivity contribution in [1.29, 1.82) is 0 Å². The summed E-state index contributed by atoms with van der Waals surface area (Å²) in [5.41, 5.74) is 7.29. The highest BCUT2D eigenvalue weighted by molar-refractivity contribution is 6.31. The second kappa shape index (κ2) is 7.06. The minimum atomic E-state index is -0.479. The first-order valence-corrected chi connectivity index (χ1v) is 6.82. The molecule has 0 radical (unpaired) electrons. The molecule has 0 aromatic heterocycles. The molecule has 110 valence electrons. The zero-order chi connectivity index (χ0) is 15.2. The van der Waals surface area contributed by atoms with Crippen molar-refractivity contribution in [2.45, 2.75) is 13.0 Å². The van der Waals surface area contributed by atoms with Crippen molar-refractivity contribution in [1.82, 2.24) is 0 Å².